The van der Waals surface area contributed by atoms with Gasteiger partial charge in [0.05, 0.1) is 6.26 Å². The van der Waals surface area contributed by atoms with Gasteiger partial charge in [-0.25, -0.2) is 0 Å². The molecule has 0 aliphatic carbocycles. The van der Waals surface area contributed by atoms with Gasteiger partial charge in [-0.3, -0.25) is 9.69 Å². The first-order valence-corrected chi connectivity index (χ1v) is 8.43. The van der Waals surface area contributed by atoms with Gasteiger partial charge in [0.15, 0.2) is 5.76 Å². The van der Waals surface area contributed by atoms with Gasteiger partial charge >= 0.3 is 0 Å². The fraction of sp³-hybridized carbons (Fsp3) is 0.421. The predicted molar refractivity (Wildman–Crippen MR) is 88.0 cm³/mol. The Morgan fingerprint density at radius 2 is 1.83 bits per heavy atom. The number of benzene rings is 1. The molecule has 0 saturated carbocycles. The first-order chi connectivity index (χ1) is 11.3. The molecular formula is C19H22N2O2. The van der Waals surface area contributed by atoms with Crippen molar-refractivity contribution in [1.29, 1.82) is 0 Å². The molecule has 1 aromatic heterocycles. The van der Waals surface area contributed by atoms with Gasteiger partial charge < -0.3 is 9.73 Å². The van der Waals surface area contributed by atoms with Crippen LogP contribution in [0.15, 0.2) is 53.1 Å². The number of piperidine rings is 1. The number of carbonyl (C=O) groups excluding carboxylic acids is 1. The smallest absolute Gasteiger partial charge is 0.287 e. The molecule has 2 aliphatic rings. The highest BCUT2D eigenvalue weighted by Crippen LogP contribution is 2.36. The van der Waals surface area contributed by atoms with Crippen LogP contribution in [-0.2, 0) is 6.54 Å². The molecule has 2 unspecified atom stereocenters. The zero-order valence-corrected chi connectivity index (χ0v) is 13.2. The van der Waals surface area contributed by atoms with Crippen molar-refractivity contribution < 1.29 is 9.21 Å². The van der Waals surface area contributed by atoms with Crippen LogP contribution < -0.4 is 5.32 Å². The fourth-order valence-corrected chi connectivity index (χ4v) is 4.11. The Bertz CT molecular complexity index is 639. The van der Waals surface area contributed by atoms with Gasteiger partial charge in [-0.2, -0.15) is 0 Å². The SMILES string of the molecule is O=C(NC1CC2CCC(C1)N2Cc1ccccc1)c1ccco1. The van der Waals surface area contributed by atoms with Crippen molar-refractivity contribution in [3.05, 3.63) is 60.1 Å². The summed E-state index contributed by atoms with van der Waals surface area (Å²) in [5.41, 5.74) is 1.38. The number of hydrogen-bond acceptors (Lipinski definition) is 3. The second-order valence-electron chi connectivity index (χ2n) is 6.66. The summed E-state index contributed by atoms with van der Waals surface area (Å²) in [5, 5.41) is 3.15. The maximum Gasteiger partial charge on any atom is 0.287 e. The zero-order chi connectivity index (χ0) is 15.6. The second-order valence-corrected chi connectivity index (χ2v) is 6.66. The highest BCUT2D eigenvalue weighted by atomic mass is 16.3. The maximum atomic E-state index is 12.2. The van der Waals surface area contributed by atoms with E-state index in [1.165, 1.54) is 18.4 Å². The monoisotopic (exact) mass is 310 g/mol. The summed E-state index contributed by atoms with van der Waals surface area (Å²) in [7, 11) is 0. The van der Waals surface area contributed by atoms with Crippen molar-refractivity contribution in [1.82, 2.24) is 10.2 Å². The first kappa shape index (κ1) is 14.5. The highest BCUT2D eigenvalue weighted by molar-refractivity contribution is 5.91. The average Bonchev–Trinajstić information content (AvgIpc) is 3.17. The molecule has 1 amide bonds. The molecule has 2 bridgehead atoms. The van der Waals surface area contributed by atoms with Crippen LogP contribution >= 0.6 is 0 Å². The summed E-state index contributed by atoms with van der Waals surface area (Å²) in [6.07, 6.45) is 6.10. The summed E-state index contributed by atoms with van der Waals surface area (Å²) < 4.78 is 5.18. The minimum absolute atomic E-state index is 0.0871. The molecule has 4 heteroatoms. The number of furan rings is 1. The van der Waals surface area contributed by atoms with E-state index in [1.807, 2.05) is 0 Å². The Balaban J connectivity index is 1.39. The van der Waals surface area contributed by atoms with Gasteiger partial charge in [0.2, 0.25) is 0 Å². The van der Waals surface area contributed by atoms with Crippen LogP contribution in [-0.4, -0.2) is 28.9 Å². The van der Waals surface area contributed by atoms with E-state index in [1.54, 1.807) is 18.4 Å². The maximum absolute atomic E-state index is 12.2. The summed E-state index contributed by atoms with van der Waals surface area (Å²) in [6.45, 7) is 1.02. The number of rotatable bonds is 4. The Kier molecular flexibility index (Phi) is 3.92. The summed E-state index contributed by atoms with van der Waals surface area (Å²) in [4.78, 5) is 14.8. The Labute approximate surface area is 136 Å². The molecular weight excluding hydrogens is 288 g/mol. The number of hydrogen-bond donors (Lipinski definition) is 1. The van der Waals surface area contributed by atoms with Crippen molar-refractivity contribution in [3.8, 4) is 0 Å². The third kappa shape index (κ3) is 3.04. The number of carbonyl (C=O) groups is 1. The molecule has 4 rings (SSSR count). The molecule has 1 aromatic carbocycles. The Morgan fingerprint density at radius 3 is 2.48 bits per heavy atom. The lowest BCUT2D eigenvalue weighted by Crippen LogP contribution is -2.49. The van der Waals surface area contributed by atoms with Crippen LogP contribution in [0.25, 0.3) is 0 Å². The van der Waals surface area contributed by atoms with E-state index >= 15 is 0 Å². The molecule has 2 aromatic rings. The van der Waals surface area contributed by atoms with Crippen LogP contribution in [0.5, 0.6) is 0 Å². The molecule has 2 fully saturated rings. The molecule has 23 heavy (non-hydrogen) atoms. The third-order valence-electron chi connectivity index (χ3n) is 5.17. The lowest BCUT2D eigenvalue weighted by Gasteiger charge is -2.39. The molecule has 2 atom stereocenters. The highest BCUT2D eigenvalue weighted by Gasteiger charge is 2.41. The molecule has 1 N–H and O–H groups in total. The van der Waals surface area contributed by atoms with Gasteiger partial charge in [-0.15, -0.1) is 0 Å². The van der Waals surface area contributed by atoms with Crippen molar-refractivity contribution in [2.75, 3.05) is 0 Å². The molecule has 2 aliphatic heterocycles. The summed E-state index contributed by atoms with van der Waals surface area (Å²) >= 11 is 0. The molecule has 2 saturated heterocycles. The van der Waals surface area contributed by atoms with Gasteiger partial charge in [0, 0.05) is 24.7 Å². The molecule has 120 valence electrons. The van der Waals surface area contributed by atoms with Crippen molar-refractivity contribution in [2.24, 2.45) is 0 Å². The van der Waals surface area contributed by atoms with Crippen molar-refractivity contribution in [2.45, 2.75) is 50.4 Å². The lowest BCUT2D eigenvalue weighted by atomic mass is 9.96. The molecule has 0 spiro atoms. The quantitative estimate of drug-likeness (QED) is 0.943. The van der Waals surface area contributed by atoms with Gasteiger partial charge in [0.25, 0.3) is 5.91 Å². The standard InChI is InChI=1S/C19H22N2O2/c22-19(18-7-4-10-23-18)20-15-11-16-8-9-17(12-15)21(16)13-14-5-2-1-3-6-14/h1-7,10,15-17H,8-9,11-13H2,(H,20,22). The first-order valence-electron chi connectivity index (χ1n) is 8.43. The Hall–Kier alpha value is -2.07. The lowest BCUT2D eigenvalue weighted by molar-refractivity contribution is 0.0804. The minimum Gasteiger partial charge on any atom is -0.459 e. The normalized spacial score (nSPS) is 27.0. The van der Waals surface area contributed by atoms with E-state index in [0.717, 1.165) is 19.4 Å². The fourth-order valence-electron chi connectivity index (χ4n) is 4.11. The average molecular weight is 310 g/mol. The molecule has 3 heterocycles. The molecule has 4 nitrogen and oxygen atoms in total. The predicted octanol–water partition coefficient (Wildman–Crippen LogP) is 3.21. The van der Waals surface area contributed by atoms with Crippen molar-refractivity contribution >= 4 is 5.91 Å². The van der Waals surface area contributed by atoms with Gasteiger partial charge in [-0.1, -0.05) is 30.3 Å². The number of nitrogens with one attached hydrogen (secondary N) is 1. The number of fused-ring (bicyclic) bond motifs is 2. The largest absolute Gasteiger partial charge is 0.459 e. The minimum atomic E-state index is -0.0871. The third-order valence-corrected chi connectivity index (χ3v) is 5.17. The zero-order valence-electron chi connectivity index (χ0n) is 13.2. The van der Waals surface area contributed by atoms with Gasteiger partial charge in [0.1, 0.15) is 0 Å². The van der Waals surface area contributed by atoms with Gasteiger partial charge in [-0.05, 0) is 43.4 Å². The van der Waals surface area contributed by atoms with E-state index in [-0.39, 0.29) is 11.9 Å². The Morgan fingerprint density at radius 1 is 1.09 bits per heavy atom. The molecule has 0 radical (unpaired) electrons. The van der Waals surface area contributed by atoms with Crippen LogP contribution in [0, 0.1) is 0 Å². The van der Waals surface area contributed by atoms with E-state index in [0.29, 0.717) is 17.8 Å². The van der Waals surface area contributed by atoms with E-state index in [9.17, 15) is 4.79 Å². The topological polar surface area (TPSA) is 45.5 Å². The number of amides is 1. The van der Waals surface area contributed by atoms with Crippen LogP contribution in [0.3, 0.4) is 0 Å². The van der Waals surface area contributed by atoms with E-state index in [4.69, 9.17) is 4.42 Å². The van der Waals surface area contributed by atoms with Crippen LogP contribution in [0.2, 0.25) is 0 Å². The van der Waals surface area contributed by atoms with Crippen LogP contribution in [0.1, 0.15) is 41.8 Å². The summed E-state index contributed by atoms with van der Waals surface area (Å²) in [6, 6.07) is 15.6. The van der Waals surface area contributed by atoms with E-state index < -0.39 is 0 Å². The van der Waals surface area contributed by atoms with E-state index in [2.05, 4.69) is 40.5 Å². The van der Waals surface area contributed by atoms with Crippen LogP contribution in [0.4, 0.5) is 0 Å². The summed E-state index contributed by atoms with van der Waals surface area (Å²) in [5.74, 6) is 0.319. The van der Waals surface area contributed by atoms with Crippen molar-refractivity contribution in [3.63, 3.8) is 0 Å². The number of nitrogens with zero attached hydrogens (tertiary/aromatic N) is 1. The second kappa shape index (κ2) is 6.20.